The van der Waals surface area contributed by atoms with E-state index in [1.807, 2.05) is 0 Å². The summed E-state index contributed by atoms with van der Waals surface area (Å²) in [6, 6.07) is 0.441. The van der Waals surface area contributed by atoms with Crippen molar-refractivity contribution in [2.75, 3.05) is 0 Å². The number of carbonyl (C=O) groups excluding carboxylic acids is 1. The van der Waals surface area contributed by atoms with Crippen LogP contribution in [0.25, 0.3) is 0 Å². The Morgan fingerprint density at radius 3 is 2.53 bits per heavy atom. The zero-order valence-corrected chi connectivity index (χ0v) is 11.5. The van der Waals surface area contributed by atoms with Crippen molar-refractivity contribution in [1.29, 1.82) is 0 Å². The van der Waals surface area contributed by atoms with Gasteiger partial charge in [-0.25, -0.2) is 0 Å². The number of rotatable bonds is 6. The average molecular weight is 238 g/mol. The fourth-order valence-electron chi connectivity index (χ4n) is 3.10. The highest BCUT2D eigenvalue weighted by Crippen LogP contribution is 2.44. The van der Waals surface area contributed by atoms with Gasteiger partial charge in [0.25, 0.3) is 0 Å². The van der Waals surface area contributed by atoms with Gasteiger partial charge in [0.2, 0.25) is 5.91 Å². The molecule has 1 N–H and O–H groups in total. The molecule has 2 unspecified atom stereocenters. The molecule has 0 aromatic heterocycles. The molecule has 1 aliphatic heterocycles. The van der Waals surface area contributed by atoms with Crippen LogP contribution in [0.5, 0.6) is 0 Å². The summed E-state index contributed by atoms with van der Waals surface area (Å²) in [5, 5.41) is 3.59. The number of hydrogen-bond acceptors (Lipinski definition) is 2. The number of carbonyl (C=O) groups is 1. The lowest BCUT2D eigenvalue weighted by Gasteiger charge is -2.32. The molecule has 0 aromatic rings. The van der Waals surface area contributed by atoms with E-state index < -0.39 is 0 Å². The molecule has 2 atom stereocenters. The van der Waals surface area contributed by atoms with Gasteiger partial charge < -0.3 is 4.90 Å². The Balaban J connectivity index is 2.12. The Bertz CT molecular complexity index is 286. The van der Waals surface area contributed by atoms with Gasteiger partial charge in [0.15, 0.2) is 0 Å². The zero-order valence-electron chi connectivity index (χ0n) is 11.5. The SMILES string of the molecule is CCCC(CC)N1C(=O)C2(CC2)NC1CCC. The van der Waals surface area contributed by atoms with Crippen LogP contribution >= 0.6 is 0 Å². The van der Waals surface area contributed by atoms with Crippen LogP contribution in [-0.4, -0.2) is 28.6 Å². The van der Waals surface area contributed by atoms with E-state index in [0.29, 0.717) is 18.1 Å². The lowest BCUT2D eigenvalue weighted by Crippen LogP contribution is -2.44. The second-order valence-corrected chi connectivity index (χ2v) is 5.59. The summed E-state index contributed by atoms with van der Waals surface area (Å²) < 4.78 is 0. The average Bonchev–Trinajstić information content (AvgIpc) is 3.03. The van der Waals surface area contributed by atoms with Gasteiger partial charge >= 0.3 is 0 Å². The molecule has 2 rings (SSSR count). The van der Waals surface area contributed by atoms with Crippen LogP contribution in [0.4, 0.5) is 0 Å². The van der Waals surface area contributed by atoms with E-state index in [9.17, 15) is 4.79 Å². The first-order chi connectivity index (χ1) is 8.18. The van der Waals surface area contributed by atoms with Gasteiger partial charge in [0.05, 0.1) is 11.7 Å². The smallest absolute Gasteiger partial charge is 0.244 e. The van der Waals surface area contributed by atoms with Crippen molar-refractivity contribution < 1.29 is 4.79 Å². The minimum absolute atomic E-state index is 0.138. The van der Waals surface area contributed by atoms with E-state index in [1.54, 1.807) is 0 Å². The fraction of sp³-hybridized carbons (Fsp3) is 0.929. The molecule has 1 saturated heterocycles. The monoisotopic (exact) mass is 238 g/mol. The highest BCUT2D eigenvalue weighted by atomic mass is 16.2. The van der Waals surface area contributed by atoms with Crippen molar-refractivity contribution in [3.8, 4) is 0 Å². The Hall–Kier alpha value is -0.570. The van der Waals surface area contributed by atoms with Crippen molar-refractivity contribution in [3.63, 3.8) is 0 Å². The Morgan fingerprint density at radius 2 is 2.06 bits per heavy atom. The van der Waals surface area contributed by atoms with Crippen molar-refractivity contribution in [2.24, 2.45) is 0 Å². The number of amides is 1. The number of nitrogens with zero attached hydrogens (tertiary/aromatic N) is 1. The van der Waals surface area contributed by atoms with Crippen molar-refractivity contribution >= 4 is 5.91 Å². The first-order valence-electron chi connectivity index (χ1n) is 7.29. The predicted octanol–water partition coefficient (Wildman–Crippen LogP) is 2.66. The van der Waals surface area contributed by atoms with E-state index in [4.69, 9.17) is 0 Å². The normalized spacial score (nSPS) is 27.8. The van der Waals surface area contributed by atoms with Crippen LogP contribution in [0, 0.1) is 0 Å². The molecular formula is C14H26N2O. The van der Waals surface area contributed by atoms with E-state index in [1.165, 1.54) is 0 Å². The van der Waals surface area contributed by atoms with Crippen molar-refractivity contribution in [1.82, 2.24) is 10.2 Å². The van der Waals surface area contributed by atoms with E-state index >= 15 is 0 Å². The third-order valence-electron chi connectivity index (χ3n) is 4.22. The molecule has 3 nitrogen and oxygen atoms in total. The molecule has 3 heteroatoms. The minimum atomic E-state index is -0.138. The lowest BCUT2D eigenvalue weighted by atomic mass is 10.1. The van der Waals surface area contributed by atoms with Crippen LogP contribution in [0.15, 0.2) is 0 Å². The van der Waals surface area contributed by atoms with Gasteiger partial charge in [-0.05, 0) is 32.1 Å². The zero-order chi connectivity index (χ0) is 12.5. The maximum absolute atomic E-state index is 12.5. The summed E-state index contributed by atoms with van der Waals surface area (Å²) in [6.45, 7) is 6.61. The standard InChI is InChI=1S/C14H26N2O/c1-4-7-11(6-3)16-12(8-5-2)15-14(9-10-14)13(16)17/h11-12,15H,4-10H2,1-3H3. The Labute approximate surface area is 105 Å². The Morgan fingerprint density at radius 1 is 1.35 bits per heavy atom. The van der Waals surface area contributed by atoms with Gasteiger partial charge in [-0.2, -0.15) is 0 Å². The molecule has 1 aliphatic carbocycles. The first kappa shape index (κ1) is 12.9. The molecule has 0 aromatic carbocycles. The van der Waals surface area contributed by atoms with Gasteiger partial charge in [-0.1, -0.05) is 33.6 Å². The maximum Gasteiger partial charge on any atom is 0.244 e. The summed E-state index contributed by atoms with van der Waals surface area (Å²) in [6.07, 6.45) is 8.00. The first-order valence-corrected chi connectivity index (χ1v) is 7.29. The van der Waals surface area contributed by atoms with E-state index in [-0.39, 0.29) is 5.54 Å². The maximum atomic E-state index is 12.5. The van der Waals surface area contributed by atoms with Gasteiger partial charge in [-0.3, -0.25) is 10.1 Å². The highest BCUT2D eigenvalue weighted by Gasteiger charge is 2.59. The molecular weight excluding hydrogens is 212 g/mol. The predicted molar refractivity (Wildman–Crippen MR) is 69.6 cm³/mol. The van der Waals surface area contributed by atoms with Crippen LogP contribution in [0.3, 0.4) is 0 Å². The molecule has 2 fully saturated rings. The van der Waals surface area contributed by atoms with Crippen LogP contribution in [-0.2, 0) is 4.79 Å². The highest BCUT2D eigenvalue weighted by molar-refractivity contribution is 5.92. The molecule has 1 saturated carbocycles. The summed E-state index contributed by atoms with van der Waals surface area (Å²) in [5.74, 6) is 0.385. The van der Waals surface area contributed by atoms with Crippen LogP contribution in [0.2, 0.25) is 0 Å². The molecule has 17 heavy (non-hydrogen) atoms. The molecule has 0 bridgehead atoms. The van der Waals surface area contributed by atoms with Gasteiger partial charge in [-0.15, -0.1) is 0 Å². The lowest BCUT2D eigenvalue weighted by molar-refractivity contribution is -0.133. The molecule has 2 aliphatic rings. The van der Waals surface area contributed by atoms with Gasteiger partial charge in [0, 0.05) is 6.04 Å². The largest absolute Gasteiger partial charge is 0.323 e. The molecule has 1 heterocycles. The summed E-state index contributed by atoms with van der Waals surface area (Å²) >= 11 is 0. The fourth-order valence-corrected chi connectivity index (χ4v) is 3.10. The quantitative estimate of drug-likeness (QED) is 0.771. The van der Waals surface area contributed by atoms with Crippen LogP contribution < -0.4 is 5.32 Å². The topological polar surface area (TPSA) is 32.3 Å². The van der Waals surface area contributed by atoms with E-state index in [0.717, 1.165) is 44.9 Å². The van der Waals surface area contributed by atoms with Crippen LogP contribution in [0.1, 0.15) is 65.7 Å². The van der Waals surface area contributed by atoms with E-state index in [2.05, 4.69) is 31.0 Å². The summed E-state index contributed by atoms with van der Waals surface area (Å²) in [7, 11) is 0. The third-order valence-corrected chi connectivity index (χ3v) is 4.22. The van der Waals surface area contributed by atoms with Crippen molar-refractivity contribution in [2.45, 2.75) is 83.5 Å². The second kappa shape index (κ2) is 4.97. The second-order valence-electron chi connectivity index (χ2n) is 5.59. The summed E-state index contributed by atoms with van der Waals surface area (Å²) in [4.78, 5) is 14.7. The van der Waals surface area contributed by atoms with Crippen molar-refractivity contribution in [3.05, 3.63) is 0 Å². The van der Waals surface area contributed by atoms with Gasteiger partial charge in [0.1, 0.15) is 0 Å². The molecule has 1 spiro atoms. The number of hydrogen-bond donors (Lipinski definition) is 1. The molecule has 0 radical (unpaired) electrons. The molecule has 98 valence electrons. The minimum Gasteiger partial charge on any atom is -0.323 e. The third kappa shape index (κ3) is 2.22. The number of nitrogens with one attached hydrogen (secondary N) is 1. The molecule has 1 amide bonds. The Kier molecular flexibility index (Phi) is 3.76. The summed E-state index contributed by atoms with van der Waals surface area (Å²) in [5.41, 5.74) is -0.138.